The highest BCUT2D eigenvalue weighted by atomic mass is 16.6. The lowest BCUT2D eigenvalue weighted by Crippen LogP contribution is -2.09. The average Bonchev–Trinajstić information content (AvgIpc) is 2.85. The standard InChI is InChI=1S/C13H17N5O3/c1-3-21-11-6-4-5-10(13(11)18(19)20)14-8-7-12-15-9-17(2)16-12/h4-6,9,14H,3,7-8H2,1-2H3. The number of nitro groups is 1. The van der Waals surface area contributed by atoms with Crippen LogP contribution in [-0.2, 0) is 13.5 Å². The van der Waals surface area contributed by atoms with Crippen LogP contribution in [0.2, 0.25) is 0 Å². The van der Waals surface area contributed by atoms with E-state index in [1.54, 1.807) is 43.2 Å². The summed E-state index contributed by atoms with van der Waals surface area (Å²) >= 11 is 0. The van der Waals surface area contributed by atoms with Crippen molar-refractivity contribution >= 4 is 11.4 Å². The lowest BCUT2D eigenvalue weighted by molar-refractivity contribution is -0.384. The molecule has 0 unspecified atom stereocenters. The molecule has 0 radical (unpaired) electrons. The Labute approximate surface area is 121 Å². The maximum atomic E-state index is 11.2. The summed E-state index contributed by atoms with van der Waals surface area (Å²) in [6.07, 6.45) is 2.20. The number of aryl methyl sites for hydroxylation is 1. The van der Waals surface area contributed by atoms with Gasteiger partial charge in [-0.25, -0.2) is 4.98 Å². The molecule has 112 valence electrons. The van der Waals surface area contributed by atoms with Crippen LogP contribution in [0.5, 0.6) is 5.75 Å². The molecule has 0 amide bonds. The van der Waals surface area contributed by atoms with Gasteiger partial charge in [-0.05, 0) is 19.1 Å². The van der Waals surface area contributed by atoms with Crippen LogP contribution in [0, 0.1) is 10.1 Å². The number of rotatable bonds is 7. The Kier molecular flexibility index (Phi) is 4.70. The van der Waals surface area contributed by atoms with Gasteiger partial charge in [-0.3, -0.25) is 14.8 Å². The zero-order chi connectivity index (χ0) is 15.2. The minimum atomic E-state index is -0.438. The maximum Gasteiger partial charge on any atom is 0.333 e. The molecule has 0 saturated carbocycles. The average molecular weight is 291 g/mol. The molecule has 2 aromatic rings. The fourth-order valence-corrected chi connectivity index (χ4v) is 1.93. The summed E-state index contributed by atoms with van der Waals surface area (Å²) in [6, 6.07) is 4.97. The molecule has 0 atom stereocenters. The monoisotopic (exact) mass is 291 g/mol. The van der Waals surface area contributed by atoms with E-state index in [2.05, 4.69) is 15.4 Å². The van der Waals surface area contributed by atoms with Crippen LogP contribution in [0.4, 0.5) is 11.4 Å². The van der Waals surface area contributed by atoms with Crippen LogP contribution >= 0.6 is 0 Å². The third-order valence-electron chi connectivity index (χ3n) is 2.79. The smallest absolute Gasteiger partial charge is 0.333 e. The first-order valence-electron chi connectivity index (χ1n) is 6.60. The fraction of sp³-hybridized carbons (Fsp3) is 0.385. The first-order chi connectivity index (χ1) is 10.1. The second-order valence-electron chi connectivity index (χ2n) is 4.35. The Morgan fingerprint density at radius 1 is 1.48 bits per heavy atom. The Hall–Kier alpha value is -2.64. The van der Waals surface area contributed by atoms with Gasteiger partial charge in [0.25, 0.3) is 0 Å². The molecule has 8 heteroatoms. The van der Waals surface area contributed by atoms with Gasteiger partial charge in [0, 0.05) is 20.0 Å². The lowest BCUT2D eigenvalue weighted by Gasteiger charge is -2.09. The van der Waals surface area contributed by atoms with E-state index in [1.807, 2.05) is 0 Å². The molecule has 0 aliphatic rings. The van der Waals surface area contributed by atoms with Crippen LogP contribution in [0.3, 0.4) is 0 Å². The predicted octanol–water partition coefficient (Wildman–Crippen LogP) is 1.78. The highest BCUT2D eigenvalue weighted by molar-refractivity contribution is 5.68. The molecule has 0 aliphatic heterocycles. The second kappa shape index (κ2) is 6.69. The Morgan fingerprint density at radius 2 is 2.29 bits per heavy atom. The second-order valence-corrected chi connectivity index (χ2v) is 4.35. The highest BCUT2D eigenvalue weighted by Crippen LogP contribution is 2.34. The minimum absolute atomic E-state index is 0.0478. The lowest BCUT2D eigenvalue weighted by atomic mass is 10.2. The number of anilines is 1. The van der Waals surface area contributed by atoms with E-state index in [0.717, 1.165) is 0 Å². The molecule has 2 rings (SSSR count). The van der Waals surface area contributed by atoms with Gasteiger partial charge in [0.2, 0.25) is 0 Å². The van der Waals surface area contributed by atoms with E-state index in [1.165, 1.54) is 0 Å². The van der Waals surface area contributed by atoms with Crippen molar-refractivity contribution in [3.8, 4) is 5.75 Å². The van der Waals surface area contributed by atoms with E-state index in [0.29, 0.717) is 31.1 Å². The van der Waals surface area contributed by atoms with Crippen LogP contribution in [0.25, 0.3) is 0 Å². The molecule has 0 bridgehead atoms. The molecule has 1 heterocycles. The third kappa shape index (κ3) is 3.68. The maximum absolute atomic E-state index is 11.2. The van der Waals surface area contributed by atoms with Crippen LogP contribution in [0.15, 0.2) is 24.5 Å². The molecule has 0 spiro atoms. The van der Waals surface area contributed by atoms with Crippen LogP contribution < -0.4 is 10.1 Å². The Bertz CT molecular complexity index is 626. The molecule has 1 aromatic heterocycles. The Morgan fingerprint density at radius 3 is 2.90 bits per heavy atom. The van der Waals surface area contributed by atoms with Crippen molar-refractivity contribution in [3.63, 3.8) is 0 Å². The molecule has 0 saturated heterocycles. The van der Waals surface area contributed by atoms with Gasteiger partial charge >= 0.3 is 5.69 Å². The number of hydrogen-bond donors (Lipinski definition) is 1. The van der Waals surface area contributed by atoms with Crippen molar-refractivity contribution in [2.75, 3.05) is 18.5 Å². The van der Waals surface area contributed by atoms with Gasteiger partial charge in [-0.2, -0.15) is 5.10 Å². The molecule has 0 fully saturated rings. The van der Waals surface area contributed by atoms with Crippen molar-refractivity contribution in [3.05, 3.63) is 40.5 Å². The summed E-state index contributed by atoms with van der Waals surface area (Å²) < 4.78 is 6.92. The number of para-hydroxylation sites is 1. The SMILES string of the molecule is CCOc1cccc(NCCc2ncn(C)n2)c1[N+](=O)[O-]. The van der Waals surface area contributed by atoms with E-state index < -0.39 is 4.92 Å². The van der Waals surface area contributed by atoms with E-state index in [9.17, 15) is 10.1 Å². The van der Waals surface area contributed by atoms with Gasteiger partial charge < -0.3 is 10.1 Å². The predicted molar refractivity (Wildman–Crippen MR) is 77.5 cm³/mol. The van der Waals surface area contributed by atoms with E-state index in [-0.39, 0.29) is 11.4 Å². The number of ether oxygens (including phenoxy) is 1. The number of nitro benzene ring substituents is 1. The number of aromatic nitrogens is 3. The first-order valence-corrected chi connectivity index (χ1v) is 6.60. The quantitative estimate of drug-likeness (QED) is 0.617. The third-order valence-corrected chi connectivity index (χ3v) is 2.79. The summed E-state index contributed by atoms with van der Waals surface area (Å²) in [6.45, 7) is 2.67. The van der Waals surface area contributed by atoms with Crippen molar-refractivity contribution in [1.82, 2.24) is 14.8 Å². The first kappa shape index (κ1) is 14.8. The summed E-state index contributed by atoms with van der Waals surface area (Å²) in [4.78, 5) is 14.9. The zero-order valence-electron chi connectivity index (χ0n) is 11.9. The summed E-state index contributed by atoms with van der Waals surface area (Å²) in [7, 11) is 1.79. The van der Waals surface area contributed by atoms with E-state index in [4.69, 9.17) is 4.74 Å². The molecular weight excluding hydrogens is 274 g/mol. The Balaban J connectivity index is 2.08. The summed E-state index contributed by atoms with van der Waals surface area (Å²) in [5, 5.41) is 18.4. The number of nitrogens with one attached hydrogen (secondary N) is 1. The van der Waals surface area contributed by atoms with Gasteiger partial charge in [-0.15, -0.1) is 0 Å². The molecule has 1 N–H and O–H groups in total. The molecule has 8 nitrogen and oxygen atoms in total. The van der Waals surface area contributed by atoms with E-state index >= 15 is 0 Å². The fourth-order valence-electron chi connectivity index (χ4n) is 1.93. The molecule has 1 aromatic carbocycles. The number of nitrogens with zero attached hydrogens (tertiary/aromatic N) is 4. The van der Waals surface area contributed by atoms with Crippen LogP contribution in [-0.4, -0.2) is 32.8 Å². The minimum Gasteiger partial charge on any atom is -0.487 e. The number of hydrogen-bond acceptors (Lipinski definition) is 6. The van der Waals surface area contributed by atoms with Gasteiger partial charge in [0.1, 0.15) is 12.0 Å². The molecule has 0 aliphatic carbocycles. The summed E-state index contributed by atoms with van der Waals surface area (Å²) in [5.41, 5.74) is 0.384. The molecule has 21 heavy (non-hydrogen) atoms. The van der Waals surface area contributed by atoms with Gasteiger partial charge in [0.05, 0.1) is 11.5 Å². The van der Waals surface area contributed by atoms with Crippen LogP contribution in [0.1, 0.15) is 12.7 Å². The van der Waals surface area contributed by atoms with Crippen molar-refractivity contribution in [2.45, 2.75) is 13.3 Å². The van der Waals surface area contributed by atoms with Gasteiger partial charge in [-0.1, -0.05) is 6.07 Å². The van der Waals surface area contributed by atoms with Crippen molar-refractivity contribution < 1.29 is 9.66 Å². The normalized spacial score (nSPS) is 10.4. The number of benzene rings is 1. The largest absolute Gasteiger partial charge is 0.487 e. The molecular formula is C13H17N5O3. The van der Waals surface area contributed by atoms with Crippen molar-refractivity contribution in [1.29, 1.82) is 0 Å². The van der Waals surface area contributed by atoms with Gasteiger partial charge in [0.15, 0.2) is 11.6 Å². The van der Waals surface area contributed by atoms with Crippen molar-refractivity contribution in [2.24, 2.45) is 7.05 Å². The summed E-state index contributed by atoms with van der Waals surface area (Å²) in [5.74, 6) is 0.956. The highest BCUT2D eigenvalue weighted by Gasteiger charge is 2.20. The zero-order valence-corrected chi connectivity index (χ0v) is 11.9. The topological polar surface area (TPSA) is 95.1 Å².